The van der Waals surface area contributed by atoms with Crippen LogP contribution in [0.4, 0.5) is 0 Å². The molecule has 4 heterocycles. The molecule has 33 heavy (non-hydrogen) atoms. The summed E-state index contributed by atoms with van der Waals surface area (Å²) in [4.78, 5) is 5.97. The maximum atomic E-state index is 13.0. The van der Waals surface area contributed by atoms with Gasteiger partial charge in [0.05, 0.1) is 23.7 Å². The average molecular weight is 474 g/mol. The number of tetrazole rings is 1. The molecule has 176 valence electrons. The quantitative estimate of drug-likeness (QED) is 0.500. The number of pyridine rings is 1. The van der Waals surface area contributed by atoms with Crippen molar-refractivity contribution in [1.29, 1.82) is 0 Å². The summed E-state index contributed by atoms with van der Waals surface area (Å²) < 4.78 is 34.8. The minimum Gasteiger partial charge on any atom is -0.486 e. The molecule has 1 saturated heterocycles. The van der Waals surface area contributed by atoms with E-state index in [0.29, 0.717) is 43.2 Å². The van der Waals surface area contributed by atoms with Crippen LogP contribution < -0.4 is 4.74 Å². The maximum absolute atomic E-state index is 13.0. The fourth-order valence-electron chi connectivity index (χ4n) is 4.47. The molecule has 0 aromatic carbocycles. The highest BCUT2D eigenvalue weighted by atomic mass is 32.2. The van der Waals surface area contributed by atoms with Gasteiger partial charge in [-0.1, -0.05) is 19.3 Å². The largest absolute Gasteiger partial charge is 0.486 e. The van der Waals surface area contributed by atoms with Crippen molar-refractivity contribution in [2.45, 2.75) is 62.8 Å². The van der Waals surface area contributed by atoms with E-state index in [0.717, 1.165) is 32.1 Å². The minimum atomic E-state index is -3.20. The van der Waals surface area contributed by atoms with Gasteiger partial charge < -0.3 is 4.74 Å². The second kappa shape index (κ2) is 9.51. The fraction of sp³-hybridized carbons (Fsp3) is 0.600. The Hall–Kier alpha value is -2.93. The van der Waals surface area contributed by atoms with Crippen molar-refractivity contribution in [1.82, 2.24) is 44.5 Å². The van der Waals surface area contributed by atoms with Gasteiger partial charge in [0.2, 0.25) is 10.0 Å². The summed E-state index contributed by atoms with van der Waals surface area (Å²) in [6, 6.07) is 3.64. The van der Waals surface area contributed by atoms with Crippen LogP contribution in [0.1, 0.15) is 56.7 Å². The summed E-state index contributed by atoms with van der Waals surface area (Å²) in [5, 5.41) is 19.7. The average Bonchev–Trinajstić information content (AvgIpc) is 3.57. The molecule has 0 spiro atoms. The number of hydrogen-bond acceptors (Lipinski definition) is 9. The van der Waals surface area contributed by atoms with Gasteiger partial charge in [0.1, 0.15) is 24.4 Å². The molecule has 1 saturated carbocycles. The van der Waals surface area contributed by atoms with Gasteiger partial charge >= 0.3 is 0 Å². The molecule has 0 amide bonds. The number of sulfonamides is 1. The lowest BCUT2D eigenvalue weighted by Crippen LogP contribution is -2.44. The number of hydrogen-bond donors (Lipinski definition) is 0. The van der Waals surface area contributed by atoms with Gasteiger partial charge in [0.15, 0.2) is 5.82 Å². The summed E-state index contributed by atoms with van der Waals surface area (Å²) in [5.74, 6) is 1.19. The second-order valence-electron chi connectivity index (χ2n) is 8.49. The molecule has 1 aliphatic heterocycles. The predicted molar refractivity (Wildman–Crippen MR) is 117 cm³/mol. The van der Waals surface area contributed by atoms with Crippen LogP contribution in [0.3, 0.4) is 0 Å². The van der Waals surface area contributed by atoms with Crippen LogP contribution in [0, 0.1) is 0 Å². The molecule has 13 heteroatoms. The molecule has 0 radical (unpaired) electrons. The summed E-state index contributed by atoms with van der Waals surface area (Å²) in [5.41, 5.74) is 0.705. The number of ether oxygens (including phenoxy) is 1. The van der Waals surface area contributed by atoms with E-state index < -0.39 is 10.0 Å². The van der Waals surface area contributed by atoms with Crippen molar-refractivity contribution in [3.8, 4) is 11.6 Å². The van der Waals surface area contributed by atoms with E-state index in [9.17, 15) is 8.42 Å². The summed E-state index contributed by atoms with van der Waals surface area (Å²) >= 11 is 0. The highest BCUT2D eigenvalue weighted by molar-refractivity contribution is 7.89. The molecular formula is C20H27N9O3S. The fourth-order valence-corrected chi connectivity index (χ4v) is 6.54. The summed E-state index contributed by atoms with van der Waals surface area (Å²) in [6.45, 7) is 1.31. The Labute approximate surface area is 192 Å². The molecule has 3 aromatic rings. The van der Waals surface area contributed by atoms with E-state index in [1.165, 1.54) is 11.0 Å². The van der Waals surface area contributed by atoms with Gasteiger partial charge in [0.25, 0.3) is 0 Å². The third-order valence-corrected chi connectivity index (χ3v) is 8.73. The molecule has 0 N–H and O–H groups in total. The first-order chi connectivity index (χ1) is 16.1. The zero-order valence-electron chi connectivity index (χ0n) is 18.3. The van der Waals surface area contributed by atoms with Crippen LogP contribution in [-0.2, 0) is 16.6 Å². The van der Waals surface area contributed by atoms with Crippen LogP contribution in [0.2, 0.25) is 0 Å². The Morgan fingerprint density at radius 3 is 2.55 bits per heavy atom. The van der Waals surface area contributed by atoms with E-state index in [1.807, 2.05) is 0 Å². The van der Waals surface area contributed by atoms with E-state index in [4.69, 9.17) is 4.74 Å². The molecule has 5 rings (SSSR count). The molecule has 0 bridgehead atoms. The Morgan fingerprint density at radius 2 is 1.85 bits per heavy atom. The molecule has 3 aromatic heterocycles. The summed E-state index contributed by atoms with van der Waals surface area (Å²) in [6.07, 6.45) is 10.9. The Morgan fingerprint density at radius 1 is 1.03 bits per heavy atom. The van der Waals surface area contributed by atoms with Crippen LogP contribution in [-0.4, -0.2) is 71.2 Å². The Kier molecular flexibility index (Phi) is 6.31. The standard InChI is InChI=1S/C20H27N9O3S/c30-33(31,19-4-2-1-3-5-19)27-10-8-17(9-11-27)29-23-12-16(24-29)14-32-18-6-7-20(21-13-18)28-15-22-25-26-28/h6-7,12-13,15,17,19H,1-5,8-11,14H2. The van der Waals surface area contributed by atoms with Crippen molar-refractivity contribution in [2.24, 2.45) is 0 Å². The molecule has 0 atom stereocenters. The van der Waals surface area contributed by atoms with Crippen molar-refractivity contribution in [2.75, 3.05) is 13.1 Å². The van der Waals surface area contributed by atoms with E-state index in [1.54, 1.807) is 33.6 Å². The third-order valence-electron chi connectivity index (χ3n) is 6.33. The zero-order valence-corrected chi connectivity index (χ0v) is 19.1. The normalized spacial score (nSPS) is 19.0. The van der Waals surface area contributed by atoms with Gasteiger partial charge in [-0.05, 0) is 48.2 Å². The molecule has 2 fully saturated rings. The predicted octanol–water partition coefficient (Wildman–Crippen LogP) is 1.53. The topological polar surface area (TPSA) is 134 Å². The van der Waals surface area contributed by atoms with Crippen LogP contribution in [0.5, 0.6) is 5.75 Å². The first kappa shape index (κ1) is 21.9. The summed E-state index contributed by atoms with van der Waals surface area (Å²) in [7, 11) is -3.20. The molecule has 0 unspecified atom stereocenters. The van der Waals surface area contributed by atoms with Crippen molar-refractivity contribution < 1.29 is 13.2 Å². The number of piperidine rings is 1. The van der Waals surface area contributed by atoms with Crippen LogP contribution in [0.15, 0.2) is 30.9 Å². The lowest BCUT2D eigenvalue weighted by atomic mass is 10.0. The van der Waals surface area contributed by atoms with Gasteiger partial charge in [-0.25, -0.2) is 17.7 Å². The number of rotatable bonds is 7. The number of aromatic nitrogens is 8. The molecule has 2 aliphatic rings. The Bertz CT molecular complexity index is 1130. The van der Waals surface area contributed by atoms with Crippen molar-refractivity contribution in [3.63, 3.8) is 0 Å². The van der Waals surface area contributed by atoms with E-state index >= 15 is 0 Å². The highest BCUT2D eigenvalue weighted by Crippen LogP contribution is 2.30. The maximum Gasteiger partial charge on any atom is 0.216 e. The van der Waals surface area contributed by atoms with E-state index in [2.05, 4.69) is 30.7 Å². The second-order valence-corrected chi connectivity index (χ2v) is 10.7. The van der Waals surface area contributed by atoms with Gasteiger partial charge in [-0.3, -0.25) is 0 Å². The van der Waals surface area contributed by atoms with E-state index in [-0.39, 0.29) is 17.9 Å². The zero-order chi connectivity index (χ0) is 22.7. The van der Waals surface area contributed by atoms with Crippen LogP contribution >= 0.6 is 0 Å². The highest BCUT2D eigenvalue weighted by Gasteiger charge is 2.35. The van der Waals surface area contributed by atoms with Gasteiger partial charge in [0, 0.05) is 13.1 Å². The smallest absolute Gasteiger partial charge is 0.216 e. The number of nitrogens with zero attached hydrogens (tertiary/aromatic N) is 9. The van der Waals surface area contributed by atoms with Crippen LogP contribution in [0.25, 0.3) is 5.82 Å². The molecular weight excluding hydrogens is 446 g/mol. The molecule has 12 nitrogen and oxygen atoms in total. The first-order valence-electron chi connectivity index (χ1n) is 11.3. The van der Waals surface area contributed by atoms with Crippen molar-refractivity contribution >= 4 is 10.0 Å². The third kappa shape index (κ3) is 4.88. The lowest BCUT2D eigenvalue weighted by Gasteiger charge is -2.34. The lowest BCUT2D eigenvalue weighted by molar-refractivity contribution is 0.238. The van der Waals surface area contributed by atoms with Crippen molar-refractivity contribution in [3.05, 3.63) is 36.5 Å². The SMILES string of the molecule is O=S(=O)(C1CCCCC1)N1CCC(n2ncc(COc3ccc(-n4cnnn4)nc3)n2)CC1. The first-order valence-corrected chi connectivity index (χ1v) is 12.8. The minimum absolute atomic E-state index is 0.0915. The van der Waals surface area contributed by atoms with Gasteiger partial charge in [-0.15, -0.1) is 5.10 Å². The molecule has 1 aliphatic carbocycles. The Balaban J connectivity index is 1.13. The van der Waals surface area contributed by atoms with Gasteiger partial charge in [-0.2, -0.15) is 19.7 Å². The monoisotopic (exact) mass is 473 g/mol.